The van der Waals surface area contributed by atoms with Gasteiger partial charge < -0.3 is 5.73 Å². The van der Waals surface area contributed by atoms with E-state index in [1.54, 1.807) is 18.2 Å². The van der Waals surface area contributed by atoms with Gasteiger partial charge in [0.15, 0.2) is 5.01 Å². The number of carbonyl (C=O) groups excluding carboxylic acids is 1. The Balaban J connectivity index is 2.24. The summed E-state index contributed by atoms with van der Waals surface area (Å²) in [5, 5.41) is 10.7. The maximum absolute atomic E-state index is 13.4. The molecule has 1 aromatic heterocycles. The quantitative estimate of drug-likeness (QED) is 0.861. The number of nitrogens with one attached hydrogen (secondary N) is 1. The Morgan fingerprint density at radius 2 is 2.18 bits per heavy atom. The van der Waals surface area contributed by atoms with Crippen LogP contribution in [0, 0.1) is 5.82 Å². The third kappa shape index (κ3) is 2.63. The van der Waals surface area contributed by atoms with E-state index in [1.807, 2.05) is 0 Å². The average molecular weight is 252 g/mol. The number of hydrogen-bond acceptors (Lipinski definition) is 5. The average Bonchev–Trinajstić information content (AvgIpc) is 2.78. The lowest BCUT2D eigenvalue weighted by molar-refractivity contribution is -0.114. The predicted octanol–water partition coefficient (Wildman–Crippen LogP) is 1.24. The molecular formula is C10H9FN4OS. The van der Waals surface area contributed by atoms with Crippen LogP contribution in [0.3, 0.4) is 0 Å². The van der Waals surface area contributed by atoms with Gasteiger partial charge in [-0.2, -0.15) is 0 Å². The highest BCUT2D eigenvalue weighted by Gasteiger charge is 2.11. The van der Waals surface area contributed by atoms with Crippen LogP contribution in [0.4, 0.5) is 9.52 Å². The molecule has 3 N–H and O–H groups in total. The van der Waals surface area contributed by atoms with Crippen LogP contribution in [-0.2, 0) is 4.79 Å². The Morgan fingerprint density at radius 3 is 2.88 bits per heavy atom. The second kappa shape index (κ2) is 4.98. The molecule has 0 aliphatic heterocycles. The number of nitrogens with zero attached hydrogens (tertiary/aromatic N) is 2. The van der Waals surface area contributed by atoms with E-state index in [4.69, 9.17) is 5.73 Å². The molecule has 1 amide bonds. The number of hydrogen-bond donors (Lipinski definition) is 2. The van der Waals surface area contributed by atoms with Crippen LogP contribution in [0.1, 0.15) is 0 Å². The van der Waals surface area contributed by atoms with Crippen molar-refractivity contribution in [1.29, 1.82) is 0 Å². The zero-order chi connectivity index (χ0) is 12.3. The number of benzene rings is 1. The SMILES string of the molecule is NCC(=O)Nc1nnc(-c2ccccc2F)s1. The molecule has 88 valence electrons. The minimum Gasteiger partial charge on any atom is -0.322 e. The van der Waals surface area contributed by atoms with Gasteiger partial charge >= 0.3 is 0 Å². The number of rotatable bonds is 3. The standard InChI is InChI=1S/C10H9FN4OS/c11-7-4-2-1-3-6(7)9-14-15-10(17-9)13-8(16)5-12/h1-4H,5,12H2,(H,13,15,16). The van der Waals surface area contributed by atoms with Gasteiger partial charge in [-0.1, -0.05) is 23.5 Å². The van der Waals surface area contributed by atoms with E-state index in [0.29, 0.717) is 15.7 Å². The third-order valence-corrected chi connectivity index (χ3v) is 2.83. The smallest absolute Gasteiger partial charge is 0.239 e. The van der Waals surface area contributed by atoms with E-state index in [1.165, 1.54) is 6.07 Å². The molecule has 2 rings (SSSR count). The third-order valence-electron chi connectivity index (χ3n) is 1.96. The zero-order valence-electron chi connectivity index (χ0n) is 8.68. The van der Waals surface area contributed by atoms with E-state index in [0.717, 1.165) is 11.3 Å². The second-order valence-corrected chi connectivity index (χ2v) is 4.12. The summed E-state index contributed by atoms with van der Waals surface area (Å²) in [4.78, 5) is 11.0. The monoisotopic (exact) mass is 252 g/mol. The molecule has 1 heterocycles. The summed E-state index contributed by atoms with van der Waals surface area (Å²) < 4.78 is 13.4. The summed E-state index contributed by atoms with van der Waals surface area (Å²) in [6.45, 7) is -0.130. The minimum absolute atomic E-state index is 0.130. The van der Waals surface area contributed by atoms with Crippen LogP contribution in [-0.4, -0.2) is 22.6 Å². The number of anilines is 1. The largest absolute Gasteiger partial charge is 0.322 e. The summed E-state index contributed by atoms with van der Waals surface area (Å²) in [6, 6.07) is 6.24. The molecule has 0 unspecified atom stereocenters. The number of nitrogens with two attached hydrogens (primary N) is 1. The van der Waals surface area contributed by atoms with E-state index < -0.39 is 0 Å². The van der Waals surface area contributed by atoms with Crippen molar-refractivity contribution in [3.8, 4) is 10.6 Å². The molecule has 17 heavy (non-hydrogen) atoms. The Morgan fingerprint density at radius 1 is 1.41 bits per heavy atom. The number of amides is 1. The molecular weight excluding hydrogens is 243 g/mol. The lowest BCUT2D eigenvalue weighted by Crippen LogP contribution is -2.21. The van der Waals surface area contributed by atoms with Gasteiger partial charge in [0, 0.05) is 5.56 Å². The summed E-state index contributed by atoms with van der Waals surface area (Å²) >= 11 is 1.09. The van der Waals surface area contributed by atoms with Gasteiger partial charge in [0.25, 0.3) is 0 Å². The van der Waals surface area contributed by atoms with Crippen LogP contribution in [0.2, 0.25) is 0 Å². The molecule has 0 aliphatic rings. The van der Waals surface area contributed by atoms with Crippen LogP contribution < -0.4 is 11.1 Å². The molecule has 0 spiro atoms. The van der Waals surface area contributed by atoms with Crippen molar-refractivity contribution in [2.75, 3.05) is 11.9 Å². The first-order valence-electron chi connectivity index (χ1n) is 4.79. The molecule has 2 aromatic rings. The highest BCUT2D eigenvalue weighted by molar-refractivity contribution is 7.18. The van der Waals surface area contributed by atoms with Gasteiger partial charge in [0.1, 0.15) is 5.82 Å². The van der Waals surface area contributed by atoms with E-state index in [9.17, 15) is 9.18 Å². The normalized spacial score (nSPS) is 10.2. The Labute approximate surface area is 100 Å². The Bertz CT molecular complexity index is 543. The molecule has 5 nitrogen and oxygen atoms in total. The van der Waals surface area contributed by atoms with Gasteiger partial charge in [0.2, 0.25) is 11.0 Å². The van der Waals surface area contributed by atoms with Gasteiger partial charge in [-0.25, -0.2) is 4.39 Å². The molecule has 7 heteroatoms. The zero-order valence-corrected chi connectivity index (χ0v) is 9.50. The summed E-state index contributed by atoms with van der Waals surface area (Å²) in [7, 11) is 0. The van der Waals surface area contributed by atoms with Gasteiger partial charge in [-0.15, -0.1) is 10.2 Å². The van der Waals surface area contributed by atoms with Crippen molar-refractivity contribution in [1.82, 2.24) is 10.2 Å². The topological polar surface area (TPSA) is 80.9 Å². The Hall–Kier alpha value is -1.86. The molecule has 0 bridgehead atoms. The first-order valence-corrected chi connectivity index (χ1v) is 5.60. The van der Waals surface area contributed by atoms with Crippen molar-refractivity contribution >= 4 is 22.4 Å². The number of halogens is 1. The van der Waals surface area contributed by atoms with Crippen molar-refractivity contribution in [2.24, 2.45) is 5.73 Å². The maximum Gasteiger partial charge on any atom is 0.239 e. The highest BCUT2D eigenvalue weighted by atomic mass is 32.1. The fourth-order valence-electron chi connectivity index (χ4n) is 1.19. The molecule has 1 aromatic carbocycles. The lowest BCUT2D eigenvalue weighted by atomic mass is 10.2. The van der Waals surface area contributed by atoms with Crippen molar-refractivity contribution in [2.45, 2.75) is 0 Å². The summed E-state index contributed by atoms with van der Waals surface area (Å²) in [5.74, 6) is -0.735. The summed E-state index contributed by atoms with van der Waals surface area (Å²) in [5.41, 5.74) is 5.51. The first kappa shape index (κ1) is 11.6. The predicted molar refractivity (Wildman–Crippen MR) is 63.0 cm³/mol. The van der Waals surface area contributed by atoms with Crippen molar-refractivity contribution < 1.29 is 9.18 Å². The van der Waals surface area contributed by atoms with Crippen LogP contribution in [0.15, 0.2) is 24.3 Å². The van der Waals surface area contributed by atoms with Gasteiger partial charge in [-0.05, 0) is 12.1 Å². The second-order valence-electron chi connectivity index (χ2n) is 3.14. The minimum atomic E-state index is -0.375. The number of carbonyl (C=O) groups is 1. The fourth-order valence-corrected chi connectivity index (χ4v) is 1.97. The first-order chi connectivity index (χ1) is 8.20. The molecule has 0 aliphatic carbocycles. The summed E-state index contributed by atoms with van der Waals surface area (Å²) in [6.07, 6.45) is 0. The molecule has 0 atom stereocenters. The maximum atomic E-state index is 13.4. The van der Waals surface area contributed by atoms with Crippen LogP contribution in [0.5, 0.6) is 0 Å². The molecule has 0 saturated carbocycles. The van der Waals surface area contributed by atoms with Crippen LogP contribution >= 0.6 is 11.3 Å². The fraction of sp³-hybridized carbons (Fsp3) is 0.100. The van der Waals surface area contributed by atoms with Crippen LogP contribution in [0.25, 0.3) is 10.6 Å². The van der Waals surface area contributed by atoms with Crippen molar-refractivity contribution in [3.63, 3.8) is 0 Å². The number of aromatic nitrogens is 2. The molecule has 0 saturated heterocycles. The Kier molecular flexibility index (Phi) is 3.40. The lowest BCUT2D eigenvalue weighted by Gasteiger charge is -1.96. The van der Waals surface area contributed by atoms with E-state index >= 15 is 0 Å². The molecule has 0 radical (unpaired) electrons. The van der Waals surface area contributed by atoms with E-state index in [2.05, 4.69) is 15.5 Å². The highest BCUT2D eigenvalue weighted by Crippen LogP contribution is 2.27. The van der Waals surface area contributed by atoms with E-state index in [-0.39, 0.29) is 18.3 Å². The van der Waals surface area contributed by atoms with Crippen molar-refractivity contribution in [3.05, 3.63) is 30.1 Å². The molecule has 0 fully saturated rings. The van der Waals surface area contributed by atoms with Gasteiger partial charge in [-0.3, -0.25) is 10.1 Å². The van der Waals surface area contributed by atoms with Gasteiger partial charge in [0.05, 0.1) is 6.54 Å².